The van der Waals surface area contributed by atoms with Gasteiger partial charge in [-0.25, -0.2) is 0 Å². The van der Waals surface area contributed by atoms with Crippen molar-refractivity contribution >= 4 is 0 Å². The summed E-state index contributed by atoms with van der Waals surface area (Å²) in [5.41, 5.74) is 1.04. The van der Waals surface area contributed by atoms with E-state index in [4.69, 9.17) is 0 Å². The van der Waals surface area contributed by atoms with Crippen molar-refractivity contribution in [3.63, 3.8) is 0 Å². The van der Waals surface area contributed by atoms with Gasteiger partial charge in [0.05, 0.1) is 17.8 Å². The van der Waals surface area contributed by atoms with Crippen molar-refractivity contribution in [3.05, 3.63) is 11.6 Å². The quantitative estimate of drug-likeness (QED) is 0.487. The van der Waals surface area contributed by atoms with Crippen molar-refractivity contribution in [3.8, 4) is 0 Å². The minimum Gasteiger partial charge on any atom is -0.393 e. The fraction of sp³-hybridized carbons (Fsp3) is 0.929. The molecule has 0 aliphatic heterocycles. The number of allylic oxidation sites excluding steroid dienone is 1. The Bertz CT molecular complexity index is 693. The average molecular weight is 433 g/mol. The Kier molecular flexibility index (Phi) is 6.24. The Balaban J connectivity index is 1.50. The highest BCUT2D eigenvalue weighted by Gasteiger charge is 2.60. The van der Waals surface area contributed by atoms with E-state index in [-0.39, 0.29) is 11.5 Å². The number of fused-ring (bicyclic) bond motifs is 5. The average Bonchev–Trinajstić information content (AvgIpc) is 3.03. The SMILES string of the molecule is C[C@H](CC[C@H](C)C(C)(C)O)[C@H]1CC[C@H]2[C@@H]3CC=C4C[C@@H](O)C[C@H](O)[C@]4(C)[C@H]3CC[C@]12C. The smallest absolute Gasteiger partial charge is 0.0658 e. The van der Waals surface area contributed by atoms with Gasteiger partial charge in [-0.3, -0.25) is 0 Å². The molecule has 4 rings (SSSR count). The fourth-order valence-corrected chi connectivity index (χ4v) is 8.74. The predicted molar refractivity (Wildman–Crippen MR) is 126 cm³/mol. The third kappa shape index (κ3) is 3.85. The molecule has 3 nitrogen and oxygen atoms in total. The molecule has 4 aliphatic carbocycles. The molecule has 178 valence electrons. The first kappa shape index (κ1) is 23.8. The Hall–Kier alpha value is -0.380. The minimum absolute atomic E-state index is 0.130. The molecule has 3 heteroatoms. The summed E-state index contributed by atoms with van der Waals surface area (Å²) in [6.45, 7) is 13.4. The second-order valence-corrected chi connectivity index (χ2v) is 13.1. The third-order valence-electron chi connectivity index (χ3n) is 11.2. The molecule has 0 unspecified atom stereocenters. The van der Waals surface area contributed by atoms with Crippen LogP contribution in [-0.4, -0.2) is 33.1 Å². The van der Waals surface area contributed by atoms with Crippen LogP contribution in [0.25, 0.3) is 0 Å². The second kappa shape index (κ2) is 8.13. The largest absolute Gasteiger partial charge is 0.393 e. The van der Waals surface area contributed by atoms with Crippen LogP contribution in [0.15, 0.2) is 11.6 Å². The standard InChI is InChI=1S/C28H48O3/c1-17(7-8-18(2)26(3,4)31)22-11-12-23-21-10-9-19-15-20(29)16-25(30)28(19,6)24(21)13-14-27(22,23)5/h9,17-18,20-25,29-31H,7-8,10-16H2,1-6H3/t17-,18+,20-,21+,22-,23+,24+,25+,27-,28+/m1/s1. The van der Waals surface area contributed by atoms with Gasteiger partial charge < -0.3 is 15.3 Å². The second-order valence-electron chi connectivity index (χ2n) is 13.1. The monoisotopic (exact) mass is 432 g/mol. The van der Waals surface area contributed by atoms with Crippen LogP contribution in [0, 0.1) is 46.3 Å². The lowest BCUT2D eigenvalue weighted by molar-refractivity contribution is -0.108. The summed E-state index contributed by atoms with van der Waals surface area (Å²) >= 11 is 0. The molecule has 31 heavy (non-hydrogen) atoms. The van der Waals surface area contributed by atoms with Gasteiger partial charge in [0, 0.05) is 11.8 Å². The molecule has 3 fully saturated rings. The number of hydrogen-bond acceptors (Lipinski definition) is 3. The summed E-state index contributed by atoms with van der Waals surface area (Å²) in [6.07, 6.45) is 11.6. The van der Waals surface area contributed by atoms with Gasteiger partial charge in [0.2, 0.25) is 0 Å². The molecule has 0 amide bonds. The zero-order valence-corrected chi connectivity index (χ0v) is 20.9. The number of aliphatic hydroxyl groups is 3. The lowest BCUT2D eigenvalue weighted by Crippen LogP contribution is -2.55. The molecule has 10 atom stereocenters. The van der Waals surface area contributed by atoms with Gasteiger partial charge in [-0.1, -0.05) is 45.8 Å². The maximum Gasteiger partial charge on any atom is 0.0658 e. The highest BCUT2D eigenvalue weighted by molar-refractivity contribution is 5.27. The number of hydrogen-bond donors (Lipinski definition) is 3. The van der Waals surface area contributed by atoms with E-state index >= 15 is 0 Å². The van der Waals surface area contributed by atoms with E-state index in [0.717, 1.165) is 31.1 Å². The molecule has 0 heterocycles. The molecule has 0 saturated heterocycles. The van der Waals surface area contributed by atoms with Crippen LogP contribution in [0.1, 0.15) is 99.3 Å². The number of aliphatic hydroxyl groups excluding tert-OH is 2. The van der Waals surface area contributed by atoms with Crippen molar-refractivity contribution in [1.82, 2.24) is 0 Å². The van der Waals surface area contributed by atoms with Crippen LogP contribution in [0.5, 0.6) is 0 Å². The Labute approximate surface area is 190 Å². The van der Waals surface area contributed by atoms with Crippen LogP contribution >= 0.6 is 0 Å². The summed E-state index contributed by atoms with van der Waals surface area (Å²) < 4.78 is 0. The first-order valence-electron chi connectivity index (χ1n) is 13.2. The Morgan fingerprint density at radius 3 is 2.45 bits per heavy atom. The normalized spacial score (nSPS) is 47.1. The third-order valence-corrected chi connectivity index (χ3v) is 11.2. The van der Waals surface area contributed by atoms with Crippen LogP contribution < -0.4 is 0 Å². The van der Waals surface area contributed by atoms with Gasteiger partial charge in [0.1, 0.15) is 0 Å². The van der Waals surface area contributed by atoms with Gasteiger partial charge in [0.15, 0.2) is 0 Å². The zero-order valence-electron chi connectivity index (χ0n) is 20.9. The fourth-order valence-electron chi connectivity index (χ4n) is 8.74. The predicted octanol–water partition coefficient (Wildman–Crippen LogP) is 5.72. The molecular formula is C28H48O3. The van der Waals surface area contributed by atoms with E-state index in [1.807, 2.05) is 13.8 Å². The van der Waals surface area contributed by atoms with Gasteiger partial charge in [0.25, 0.3) is 0 Å². The molecule has 0 radical (unpaired) electrons. The Morgan fingerprint density at radius 1 is 1.06 bits per heavy atom. The van der Waals surface area contributed by atoms with Crippen molar-refractivity contribution in [1.29, 1.82) is 0 Å². The summed E-state index contributed by atoms with van der Waals surface area (Å²) in [7, 11) is 0. The molecule has 0 aromatic rings. The summed E-state index contributed by atoms with van der Waals surface area (Å²) in [5, 5.41) is 31.7. The van der Waals surface area contributed by atoms with Crippen molar-refractivity contribution in [2.24, 2.45) is 46.3 Å². The summed E-state index contributed by atoms with van der Waals surface area (Å²) in [6, 6.07) is 0. The molecule has 0 bridgehead atoms. The first-order valence-corrected chi connectivity index (χ1v) is 13.2. The lowest BCUT2D eigenvalue weighted by Gasteiger charge is -2.59. The minimum atomic E-state index is -0.587. The van der Waals surface area contributed by atoms with Gasteiger partial charge in [-0.05, 0) is 99.7 Å². The highest BCUT2D eigenvalue weighted by atomic mass is 16.3. The molecule has 4 aliphatic rings. The maximum atomic E-state index is 11.1. The van der Waals surface area contributed by atoms with E-state index in [2.05, 4.69) is 33.8 Å². The zero-order chi connectivity index (χ0) is 22.8. The van der Waals surface area contributed by atoms with Crippen molar-refractivity contribution in [2.45, 2.75) is 117 Å². The molecule has 3 N–H and O–H groups in total. The molecule has 0 spiro atoms. The lowest BCUT2D eigenvalue weighted by atomic mass is 9.46. The highest BCUT2D eigenvalue weighted by Crippen LogP contribution is 2.67. The van der Waals surface area contributed by atoms with Crippen LogP contribution in [0.3, 0.4) is 0 Å². The Morgan fingerprint density at radius 2 is 1.77 bits per heavy atom. The van der Waals surface area contributed by atoms with Crippen LogP contribution in [0.2, 0.25) is 0 Å². The van der Waals surface area contributed by atoms with E-state index in [9.17, 15) is 15.3 Å². The van der Waals surface area contributed by atoms with Crippen LogP contribution in [-0.2, 0) is 0 Å². The van der Waals surface area contributed by atoms with Crippen LogP contribution in [0.4, 0.5) is 0 Å². The van der Waals surface area contributed by atoms with E-state index in [0.29, 0.717) is 35.5 Å². The van der Waals surface area contributed by atoms with Gasteiger partial charge in [-0.2, -0.15) is 0 Å². The van der Waals surface area contributed by atoms with E-state index in [1.165, 1.54) is 37.7 Å². The topological polar surface area (TPSA) is 60.7 Å². The van der Waals surface area contributed by atoms with E-state index < -0.39 is 11.7 Å². The van der Waals surface area contributed by atoms with Gasteiger partial charge in [-0.15, -0.1) is 0 Å². The maximum absolute atomic E-state index is 11.1. The van der Waals surface area contributed by atoms with E-state index in [1.54, 1.807) is 0 Å². The van der Waals surface area contributed by atoms with Crippen molar-refractivity contribution in [2.75, 3.05) is 0 Å². The number of rotatable bonds is 5. The molecule has 3 saturated carbocycles. The molecule has 0 aromatic carbocycles. The first-order chi connectivity index (χ1) is 14.4. The summed E-state index contributed by atoms with van der Waals surface area (Å²) in [5.74, 6) is 3.84. The summed E-state index contributed by atoms with van der Waals surface area (Å²) in [4.78, 5) is 0. The van der Waals surface area contributed by atoms with Gasteiger partial charge >= 0.3 is 0 Å². The molecular weight excluding hydrogens is 384 g/mol. The van der Waals surface area contributed by atoms with Crippen molar-refractivity contribution < 1.29 is 15.3 Å². The molecule has 0 aromatic heterocycles.